The zero-order chi connectivity index (χ0) is 15.4. The minimum absolute atomic E-state index is 0.0987. The van der Waals surface area contributed by atoms with Crippen molar-refractivity contribution in [2.45, 2.75) is 38.8 Å². The Kier molecular flexibility index (Phi) is 5.01. The van der Waals surface area contributed by atoms with E-state index in [2.05, 4.69) is 24.1 Å². The average molecular weight is 293 g/mol. The van der Waals surface area contributed by atoms with Crippen LogP contribution in [-0.2, 0) is 0 Å². The molecule has 0 aliphatic carbocycles. The summed E-state index contributed by atoms with van der Waals surface area (Å²) in [6.07, 6.45) is 3.48. The largest absolute Gasteiger partial charge is 0.496 e. The van der Waals surface area contributed by atoms with Crippen LogP contribution in [0.25, 0.3) is 0 Å². The fourth-order valence-electron chi connectivity index (χ4n) is 2.73. The van der Waals surface area contributed by atoms with Gasteiger partial charge in [-0.1, -0.05) is 13.8 Å². The van der Waals surface area contributed by atoms with Crippen molar-refractivity contribution in [2.75, 3.05) is 20.2 Å². The Morgan fingerprint density at radius 1 is 1.52 bits per heavy atom. The van der Waals surface area contributed by atoms with E-state index in [4.69, 9.17) is 4.74 Å². The van der Waals surface area contributed by atoms with Crippen LogP contribution in [0.5, 0.6) is 5.75 Å². The SMILES string of the molecule is COc1cc(=O)[nH]cc1C(=O)N1CCCC(NC(C)C)C1. The van der Waals surface area contributed by atoms with Crippen molar-refractivity contribution in [2.24, 2.45) is 0 Å². The van der Waals surface area contributed by atoms with Gasteiger partial charge < -0.3 is 19.9 Å². The normalized spacial score (nSPS) is 18.9. The lowest BCUT2D eigenvalue weighted by Crippen LogP contribution is -2.49. The second-order valence-corrected chi connectivity index (χ2v) is 5.69. The van der Waals surface area contributed by atoms with Gasteiger partial charge in [-0.05, 0) is 12.8 Å². The van der Waals surface area contributed by atoms with Crippen LogP contribution < -0.4 is 15.6 Å². The fraction of sp³-hybridized carbons (Fsp3) is 0.600. The third kappa shape index (κ3) is 3.85. The molecule has 0 radical (unpaired) electrons. The van der Waals surface area contributed by atoms with Gasteiger partial charge >= 0.3 is 0 Å². The smallest absolute Gasteiger partial charge is 0.259 e. The van der Waals surface area contributed by atoms with Gasteiger partial charge in [-0.15, -0.1) is 0 Å². The maximum absolute atomic E-state index is 12.6. The number of aromatic nitrogens is 1. The van der Waals surface area contributed by atoms with Crippen molar-refractivity contribution in [1.82, 2.24) is 15.2 Å². The number of piperidine rings is 1. The number of hydrogen-bond donors (Lipinski definition) is 2. The van der Waals surface area contributed by atoms with Crippen LogP contribution in [0.1, 0.15) is 37.0 Å². The summed E-state index contributed by atoms with van der Waals surface area (Å²) in [4.78, 5) is 28.3. The number of pyridine rings is 1. The van der Waals surface area contributed by atoms with E-state index in [1.165, 1.54) is 19.4 Å². The van der Waals surface area contributed by atoms with Gasteiger partial charge in [0.25, 0.3) is 11.5 Å². The van der Waals surface area contributed by atoms with Crippen LogP contribution in [0.3, 0.4) is 0 Å². The Bertz CT molecular complexity index is 553. The zero-order valence-corrected chi connectivity index (χ0v) is 12.8. The van der Waals surface area contributed by atoms with Crippen LogP contribution in [0, 0.1) is 0 Å². The van der Waals surface area contributed by atoms with Crippen molar-refractivity contribution >= 4 is 5.91 Å². The number of methoxy groups -OCH3 is 1. The maximum Gasteiger partial charge on any atom is 0.259 e. The highest BCUT2D eigenvalue weighted by Gasteiger charge is 2.26. The van der Waals surface area contributed by atoms with Gasteiger partial charge in [0, 0.05) is 37.4 Å². The van der Waals surface area contributed by atoms with Gasteiger partial charge in [0.15, 0.2) is 0 Å². The van der Waals surface area contributed by atoms with Gasteiger partial charge in [0.1, 0.15) is 5.75 Å². The lowest BCUT2D eigenvalue weighted by Gasteiger charge is -2.34. The summed E-state index contributed by atoms with van der Waals surface area (Å²) in [5.74, 6) is 0.223. The predicted molar refractivity (Wildman–Crippen MR) is 80.8 cm³/mol. The van der Waals surface area contributed by atoms with Crippen molar-refractivity contribution < 1.29 is 9.53 Å². The number of hydrogen-bond acceptors (Lipinski definition) is 4. The summed E-state index contributed by atoms with van der Waals surface area (Å²) in [6.45, 7) is 5.62. The molecule has 0 bridgehead atoms. The quantitative estimate of drug-likeness (QED) is 0.868. The summed E-state index contributed by atoms with van der Waals surface area (Å²) in [7, 11) is 1.46. The number of H-pyrrole nitrogens is 1. The highest BCUT2D eigenvalue weighted by Crippen LogP contribution is 2.19. The van der Waals surface area contributed by atoms with E-state index < -0.39 is 0 Å². The van der Waals surface area contributed by atoms with Gasteiger partial charge in [-0.3, -0.25) is 9.59 Å². The molecule has 1 aromatic heterocycles. The molecule has 2 N–H and O–H groups in total. The average Bonchev–Trinajstić information content (AvgIpc) is 2.46. The molecular formula is C15H23N3O3. The molecule has 1 fully saturated rings. The standard InChI is InChI=1S/C15H23N3O3/c1-10(2)17-11-5-4-6-18(9-11)15(20)12-8-16-14(19)7-13(12)21-3/h7-8,10-11,17H,4-6,9H2,1-3H3,(H,16,19). The lowest BCUT2D eigenvalue weighted by atomic mass is 10.0. The van der Waals surface area contributed by atoms with Gasteiger partial charge in [0.05, 0.1) is 12.7 Å². The Balaban J connectivity index is 2.14. The van der Waals surface area contributed by atoms with E-state index in [1.54, 1.807) is 0 Å². The highest BCUT2D eigenvalue weighted by molar-refractivity contribution is 5.96. The van der Waals surface area contributed by atoms with Crippen LogP contribution in [0.4, 0.5) is 0 Å². The number of carbonyl (C=O) groups is 1. The van der Waals surface area contributed by atoms with Gasteiger partial charge in [0.2, 0.25) is 0 Å². The molecule has 6 heteroatoms. The first-order chi connectivity index (χ1) is 10.0. The molecule has 1 aliphatic heterocycles. The third-order valence-electron chi connectivity index (χ3n) is 3.61. The third-order valence-corrected chi connectivity index (χ3v) is 3.61. The summed E-state index contributed by atoms with van der Waals surface area (Å²) in [6, 6.07) is 2.02. The molecule has 1 aromatic rings. The van der Waals surface area contributed by atoms with Crippen LogP contribution >= 0.6 is 0 Å². The van der Waals surface area contributed by atoms with Gasteiger partial charge in [-0.25, -0.2) is 0 Å². The van der Waals surface area contributed by atoms with E-state index in [0.29, 0.717) is 29.9 Å². The number of nitrogens with one attached hydrogen (secondary N) is 2. The zero-order valence-electron chi connectivity index (χ0n) is 12.8. The van der Waals surface area contributed by atoms with E-state index in [-0.39, 0.29) is 11.5 Å². The Morgan fingerprint density at radius 2 is 2.29 bits per heavy atom. The maximum atomic E-state index is 12.6. The number of carbonyl (C=O) groups excluding carboxylic acids is 1. The molecule has 1 unspecified atom stereocenters. The Labute approximate surface area is 124 Å². The van der Waals surface area contributed by atoms with Crippen molar-refractivity contribution in [1.29, 1.82) is 0 Å². The summed E-state index contributed by atoms with van der Waals surface area (Å²) < 4.78 is 5.15. The first-order valence-electron chi connectivity index (χ1n) is 7.33. The number of nitrogens with zero attached hydrogens (tertiary/aromatic N) is 1. The molecule has 0 saturated carbocycles. The first kappa shape index (κ1) is 15.6. The number of aromatic amines is 1. The molecule has 21 heavy (non-hydrogen) atoms. The number of likely N-dealkylation sites (tertiary alicyclic amines) is 1. The second-order valence-electron chi connectivity index (χ2n) is 5.69. The topological polar surface area (TPSA) is 74.4 Å². The van der Waals surface area contributed by atoms with Crippen LogP contribution in [-0.4, -0.2) is 48.1 Å². The summed E-state index contributed by atoms with van der Waals surface area (Å²) >= 11 is 0. The lowest BCUT2D eigenvalue weighted by molar-refractivity contribution is 0.0687. The molecule has 1 atom stereocenters. The molecule has 2 rings (SSSR count). The Hall–Kier alpha value is -1.82. The van der Waals surface area contributed by atoms with Crippen LogP contribution in [0.15, 0.2) is 17.1 Å². The van der Waals surface area contributed by atoms with Crippen LogP contribution in [0.2, 0.25) is 0 Å². The molecule has 6 nitrogen and oxygen atoms in total. The minimum atomic E-state index is -0.276. The molecular weight excluding hydrogens is 270 g/mol. The molecule has 1 amide bonds. The second kappa shape index (κ2) is 6.76. The molecule has 2 heterocycles. The molecule has 0 aromatic carbocycles. The van der Waals surface area contributed by atoms with Crippen molar-refractivity contribution in [3.63, 3.8) is 0 Å². The minimum Gasteiger partial charge on any atom is -0.496 e. The van der Waals surface area contributed by atoms with E-state index in [0.717, 1.165) is 19.4 Å². The monoisotopic (exact) mass is 293 g/mol. The highest BCUT2D eigenvalue weighted by atomic mass is 16.5. The van der Waals surface area contributed by atoms with E-state index >= 15 is 0 Å². The fourth-order valence-corrected chi connectivity index (χ4v) is 2.73. The predicted octanol–water partition coefficient (Wildman–Crippen LogP) is 0.986. The summed E-state index contributed by atoms with van der Waals surface area (Å²) in [5, 5.41) is 3.47. The van der Waals surface area contributed by atoms with E-state index in [9.17, 15) is 9.59 Å². The molecule has 1 saturated heterocycles. The molecule has 116 valence electrons. The summed E-state index contributed by atoms with van der Waals surface area (Å²) in [5.41, 5.74) is 0.128. The Morgan fingerprint density at radius 3 is 2.95 bits per heavy atom. The van der Waals surface area contributed by atoms with Crippen molar-refractivity contribution in [3.8, 4) is 5.75 Å². The first-order valence-corrected chi connectivity index (χ1v) is 7.33. The van der Waals surface area contributed by atoms with E-state index in [1.807, 2.05) is 4.90 Å². The molecule has 1 aliphatic rings. The molecule has 0 spiro atoms. The van der Waals surface area contributed by atoms with Gasteiger partial charge in [-0.2, -0.15) is 0 Å². The number of rotatable bonds is 4. The number of amides is 1. The number of ether oxygens (including phenoxy) is 1. The van der Waals surface area contributed by atoms with Crippen molar-refractivity contribution in [3.05, 3.63) is 28.2 Å².